The van der Waals surface area contributed by atoms with Crippen molar-refractivity contribution in [3.8, 4) is 0 Å². The second-order valence-corrected chi connectivity index (χ2v) is 17.4. The Morgan fingerprint density at radius 2 is 1.60 bits per heavy atom. The standard InChI is InChI=1S/C17H28OSi2/c1-19(2,3)17-13-15(17)12-16(18-20(4,5)6)14-10-8-7-9-11-14/h7-11,16H,12-13H2,1-6H3. The Hall–Kier alpha value is -0.646. The molecule has 1 aliphatic rings. The van der Waals surface area contributed by atoms with Gasteiger partial charge in [0.05, 0.1) is 14.2 Å². The molecule has 110 valence electrons. The van der Waals surface area contributed by atoms with E-state index in [0.717, 1.165) is 6.42 Å². The number of benzene rings is 1. The van der Waals surface area contributed by atoms with E-state index in [-0.39, 0.29) is 6.10 Å². The molecule has 20 heavy (non-hydrogen) atoms. The molecule has 1 aromatic rings. The van der Waals surface area contributed by atoms with Gasteiger partial charge in [-0.05, 0) is 38.0 Å². The van der Waals surface area contributed by atoms with Crippen LogP contribution in [-0.4, -0.2) is 16.4 Å². The van der Waals surface area contributed by atoms with Crippen LogP contribution in [0.3, 0.4) is 0 Å². The Morgan fingerprint density at radius 3 is 2.05 bits per heavy atom. The van der Waals surface area contributed by atoms with Crippen LogP contribution in [0.1, 0.15) is 24.5 Å². The lowest BCUT2D eigenvalue weighted by molar-refractivity contribution is 0.199. The molecule has 0 fully saturated rings. The summed E-state index contributed by atoms with van der Waals surface area (Å²) in [6.07, 6.45) is 2.63. The molecule has 0 saturated carbocycles. The molecule has 0 heterocycles. The topological polar surface area (TPSA) is 9.23 Å². The van der Waals surface area contributed by atoms with Crippen molar-refractivity contribution in [1.82, 2.24) is 0 Å². The van der Waals surface area contributed by atoms with Gasteiger partial charge in [-0.3, -0.25) is 0 Å². The van der Waals surface area contributed by atoms with E-state index in [1.165, 1.54) is 12.0 Å². The van der Waals surface area contributed by atoms with Crippen molar-refractivity contribution in [2.45, 2.75) is 58.2 Å². The molecule has 0 amide bonds. The number of allylic oxidation sites excluding steroid dienone is 1. The first-order valence-electron chi connectivity index (χ1n) is 7.61. The smallest absolute Gasteiger partial charge is 0.184 e. The molecule has 0 aromatic heterocycles. The van der Waals surface area contributed by atoms with Crippen molar-refractivity contribution in [2.75, 3.05) is 0 Å². The van der Waals surface area contributed by atoms with Crippen molar-refractivity contribution >= 4 is 16.4 Å². The maximum absolute atomic E-state index is 6.46. The van der Waals surface area contributed by atoms with Crippen LogP contribution >= 0.6 is 0 Å². The van der Waals surface area contributed by atoms with Gasteiger partial charge in [-0.25, -0.2) is 0 Å². The quantitative estimate of drug-likeness (QED) is 0.626. The normalized spacial score (nSPS) is 17.3. The van der Waals surface area contributed by atoms with Gasteiger partial charge < -0.3 is 4.43 Å². The molecule has 1 unspecified atom stereocenters. The highest BCUT2D eigenvalue weighted by molar-refractivity contribution is 6.84. The maximum Gasteiger partial charge on any atom is 0.184 e. The number of rotatable bonds is 6. The SMILES string of the molecule is C[Si](C)(C)OC(CC1=C([Si](C)(C)C)C1)c1ccccc1. The van der Waals surface area contributed by atoms with Gasteiger partial charge in [-0.1, -0.05) is 60.7 Å². The largest absolute Gasteiger partial charge is 0.410 e. The Kier molecular flexibility index (Phi) is 4.42. The molecule has 0 radical (unpaired) electrons. The van der Waals surface area contributed by atoms with Crippen molar-refractivity contribution < 1.29 is 4.43 Å². The zero-order chi connectivity index (χ0) is 15.0. The van der Waals surface area contributed by atoms with Crippen molar-refractivity contribution in [1.29, 1.82) is 0 Å². The Bertz CT molecular complexity index is 492. The average Bonchev–Trinajstić information content (AvgIpc) is 3.07. The van der Waals surface area contributed by atoms with E-state index in [4.69, 9.17) is 4.43 Å². The molecule has 0 aliphatic heterocycles. The molecule has 0 N–H and O–H groups in total. The molecule has 0 bridgehead atoms. The fourth-order valence-electron chi connectivity index (χ4n) is 2.71. The summed E-state index contributed by atoms with van der Waals surface area (Å²) in [6.45, 7) is 14.2. The van der Waals surface area contributed by atoms with Crippen LogP contribution < -0.4 is 0 Å². The molecule has 1 atom stereocenters. The fraction of sp³-hybridized carbons (Fsp3) is 0.529. The second-order valence-electron chi connectivity index (χ2n) is 7.84. The third-order valence-electron chi connectivity index (χ3n) is 3.70. The summed E-state index contributed by atoms with van der Waals surface area (Å²) >= 11 is 0. The molecule has 1 nitrogen and oxygen atoms in total. The second kappa shape index (κ2) is 5.62. The molecule has 2 rings (SSSR count). The van der Waals surface area contributed by atoms with Gasteiger partial charge >= 0.3 is 0 Å². The minimum absolute atomic E-state index is 0.256. The van der Waals surface area contributed by atoms with Crippen LogP contribution in [0.2, 0.25) is 39.3 Å². The summed E-state index contributed by atoms with van der Waals surface area (Å²) in [5.74, 6) is 0. The van der Waals surface area contributed by atoms with Crippen molar-refractivity contribution in [2.24, 2.45) is 0 Å². The van der Waals surface area contributed by atoms with E-state index >= 15 is 0 Å². The summed E-state index contributed by atoms with van der Waals surface area (Å²) in [5, 5.41) is 1.78. The minimum Gasteiger partial charge on any atom is -0.410 e. The highest BCUT2D eigenvalue weighted by Gasteiger charge is 2.35. The van der Waals surface area contributed by atoms with Gasteiger partial charge in [0.25, 0.3) is 0 Å². The molecule has 0 saturated heterocycles. The van der Waals surface area contributed by atoms with Crippen LogP contribution in [0.25, 0.3) is 0 Å². The minimum atomic E-state index is -1.52. The average molecular weight is 305 g/mol. The molecule has 1 aliphatic carbocycles. The third-order valence-corrected chi connectivity index (χ3v) is 7.03. The van der Waals surface area contributed by atoms with E-state index in [1.807, 2.05) is 0 Å². The zero-order valence-electron chi connectivity index (χ0n) is 13.8. The zero-order valence-corrected chi connectivity index (χ0v) is 15.8. The van der Waals surface area contributed by atoms with Crippen molar-refractivity contribution in [3.63, 3.8) is 0 Å². The van der Waals surface area contributed by atoms with Gasteiger partial charge in [-0.15, -0.1) is 0 Å². The first kappa shape index (κ1) is 15.7. The predicted octanol–water partition coefficient (Wildman–Crippen LogP) is 5.55. The van der Waals surface area contributed by atoms with E-state index in [1.54, 1.807) is 10.8 Å². The highest BCUT2D eigenvalue weighted by Crippen LogP contribution is 2.44. The van der Waals surface area contributed by atoms with Gasteiger partial charge in [0.15, 0.2) is 8.32 Å². The maximum atomic E-state index is 6.46. The van der Waals surface area contributed by atoms with Gasteiger partial charge in [0.1, 0.15) is 0 Å². The van der Waals surface area contributed by atoms with Crippen LogP contribution in [0.4, 0.5) is 0 Å². The van der Waals surface area contributed by atoms with E-state index < -0.39 is 16.4 Å². The summed E-state index contributed by atoms with van der Waals surface area (Å²) in [5.41, 5.74) is 3.01. The molecule has 1 aromatic carbocycles. The summed E-state index contributed by atoms with van der Waals surface area (Å²) < 4.78 is 6.46. The Morgan fingerprint density at radius 1 is 1.00 bits per heavy atom. The number of hydrogen-bond donors (Lipinski definition) is 0. The number of hydrogen-bond acceptors (Lipinski definition) is 1. The van der Waals surface area contributed by atoms with E-state index in [2.05, 4.69) is 69.6 Å². The van der Waals surface area contributed by atoms with Gasteiger partial charge in [0, 0.05) is 0 Å². The van der Waals surface area contributed by atoms with Crippen molar-refractivity contribution in [3.05, 3.63) is 46.7 Å². The Balaban J connectivity index is 2.15. The molecule has 0 spiro atoms. The summed E-state index contributed by atoms with van der Waals surface area (Å²) in [6, 6.07) is 10.7. The first-order valence-corrected chi connectivity index (χ1v) is 14.5. The van der Waals surface area contributed by atoms with E-state index in [0.29, 0.717) is 0 Å². The van der Waals surface area contributed by atoms with Crippen LogP contribution in [-0.2, 0) is 4.43 Å². The first-order chi connectivity index (χ1) is 9.17. The Labute approximate surface area is 126 Å². The summed E-state index contributed by atoms with van der Waals surface area (Å²) in [4.78, 5) is 0. The monoisotopic (exact) mass is 304 g/mol. The van der Waals surface area contributed by atoms with Gasteiger partial charge in [-0.2, -0.15) is 0 Å². The fourth-order valence-corrected chi connectivity index (χ4v) is 5.69. The molecular weight excluding hydrogens is 276 g/mol. The predicted molar refractivity (Wildman–Crippen MR) is 93.2 cm³/mol. The van der Waals surface area contributed by atoms with Crippen LogP contribution in [0, 0.1) is 0 Å². The van der Waals surface area contributed by atoms with Gasteiger partial charge in [0.2, 0.25) is 0 Å². The third kappa shape index (κ3) is 4.43. The van der Waals surface area contributed by atoms with Crippen LogP contribution in [0.5, 0.6) is 0 Å². The molecular formula is C17H28OSi2. The lowest BCUT2D eigenvalue weighted by Gasteiger charge is -2.26. The van der Waals surface area contributed by atoms with Crippen LogP contribution in [0.15, 0.2) is 41.1 Å². The highest BCUT2D eigenvalue weighted by atomic mass is 28.4. The summed E-state index contributed by atoms with van der Waals surface area (Å²) in [7, 11) is -2.60. The lowest BCUT2D eigenvalue weighted by atomic mass is 10.1. The van der Waals surface area contributed by atoms with E-state index in [9.17, 15) is 0 Å². The lowest BCUT2D eigenvalue weighted by Crippen LogP contribution is -2.28. The molecule has 3 heteroatoms.